The van der Waals surface area contributed by atoms with Crippen molar-refractivity contribution < 1.29 is 4.79 Å². The topological polar surface area (TPSA) is 80.9 Å². The van der Waals surface area contributed by atoms with Gasteiger partial charge in [-0.1, -0.05) is 12.5 Å². The number of para-hydroxylation sites is 1. The van der Waals surface area contributed by atoms with Gasteiger partial charge in [0.15, 0.2) is 0 Å². The van der Waals surface area contributed by atoms with Crippen LogP contribution in [0.5, 0.6) is 0 Å². The molecule has 1 aromatic carbocycles. The van der Waals surface area contributed by atoms with Gasteiger partial charge in [0.05, 0.1) is 11.1 Å². The molecule has 0 aliphatic rings. The second kappa shape index (κ2) is 6.80. The molecule has 0 atom stereocenters. The normalized spacial score (nSPS) is 10.6. The second-order valence-electron chi connectivity index (χ2n) is 4.33. The van der Waals surface area contributed by atoms with Crippen LogP contribution in [-0.2, 0) is 0 Å². The molecule has 0 fully saturated rings. The van der Waals surface area contributed by atoms with Crippen LogP contribution < -0.4 is 11.1 Å². The number of nitrogens with two attached hydrogens (primary N) is 1. The molecule has 0 saturated heterocycles. The zero-order valence-electron chi connectivity index (χ0n) is 10.8. The lowest BCUT2D eigenvalue weighted by Crippen LogP contribution is -2.25. The maximum Gasteiger partial charge on any atom is 0.253 e. The number of amides is 1. The summed E-state index contributed by atoms with van der Waals surface area (Å²) in [5, 5.41) is 2.90. The van der Waals surface area contributed by atoms with Gasteiger partial charge in [-0.15, -0.1) is 0 Å². The lowest BCUT2D eigenvalue weighted by Gasteiger charge is -2.06. The highest BCUT2D eigenvalue weighted by Gasteiger charge is 2.10. The van der Waals surface area contributed by atoms with Crippen molar-refractivity contribution in [3.63, 3.8) is 0 Å². The number of nitrogens with one attached hydrogen (secondary N) is 1. The molecule has 19 heavy (non-hydrogen) atoms. The zero-order valence-corrected chi connectivity index (χ0v) is 10.8. The number of carbonyl (C=O) groups excluding carboxylic acids is 1. The van der Waals surface area contributed by atoms with Crippen LogP contribution in [0.2, 0.25) is 0 Å². The van der Waals surface area contributed by atoms with E-state index in [1.165, 1.54) is 0 Å². The number of unbranched alkanes of at least 4 members (excludes halogenated alkanes) is 2. The minimum absolute atomic E-state index is 0.0983. The molecule has 2 aromatic rings. The molecule has 0 saturated carbocycles. The summed E-state index contributed by atoms with van der Waals surface area (Å²) in [6.45, 7) is 1.36. The highest BCUT2D eigenvalue weighted by atomic mass is 16.1. The van der Waals surface area contributed by atoms with Crippen LogP contribution >= 0.6 is 0 Å². The fourth-order valence-corrected chi connectivity index (χ4v) is 1.92. The molecule has 5 nitrogen and oxygen atoms in total. The van der Waals surface area contributed by atoms with Gasteiger partial charge in [0.1, 0.15) is 5.52 Å². The Labute approximate surface area is 112 Å². The Hall–Kier alpha value is -2.01. The lowest BCUT2D eigenvalue weighted by atomic mass is 10.1. The van der Waals surface area contributed by atoms with Crippen molar-refractivity contribution >= 4 is 16.9 Å². The molecular formula is C14H18N4O. The van der Waals surface area contributed by atoms with Gasteiger partial charge in [0.2, 0.25) is 0 Å². The molecule has 0 unspecified atom stereocenters. The van der Waals surface area contributed by atoms with Crippen molar-refractivity contribution in [3.8, 4) is 0 Å². The quantitative estimate of drug-likeness (QED) is 0.769. The largest absolute Gasteiger partial charge is 0.352 e. The molecule has 1 aromatic heterocycles. The first-order valence-corrected chi connectivity index (χ1v) is 6.51. The predicted molar refractivity (Wildman–Crippen MR) is 74.8 cm³/mol. The molecule has 0 bridgehead atoms. The first kappa shape index (κ1) is 13.4. The molecule has 0 aliphatic carbocycles. The Morgan fingerprint density at radius 3 is 2.84 bits per heavy atom. The van der Waals surface area contributed by atoms with E-state index in [2.05, 4.69) is 15.3 Å². The average molecular weight is 258 g/mol. The molecule has 0 spiro atoms. The van der Waals surface area contributed by atoms with E-state index < -0.39 is 0 Å². The summed E-state index contributed by atoms with van der Waals surface area (Å²) in [5.74, 6) is -0.0983. The lowest BCUT2D eigenvalue weighted by molar-refractivity contribution is 0.0954. The fraction of sp³-hybridized carbons (Fsp3) is 0.357. The van der Waals surface area contributed by atoms with E-state index in [1.807, 2.05) is 12.1 Å². The minimum Gasteiger partial charge on any atom is -0.352 e. The Morgan fingerprint density at radius 1 is 1.16 bits per heavy atom. The zero-order chi connectivity index (χ0) is 13.5. The van der Waals surface area contributed by atoms with Crippen LogP contribution in [0.25, 0.3) is 11.0 Å². The van der Waals surface area contributed by atoms with Gasteiger partial charge in [0, 0.05) is 18.9 Å². The van der Waals surface area contributed by atoms with Crippen molar-refractivity contribution in [2.24, 2.45) is 5.73 Å². The van der Waals surface area contributed by atoms with Gasteiger partial charge in [-0.25, -0.2) is 0 Å². The highest BCUT2D eigenvalue weighted by Crippen LogP contribution is 2.13. The van der Waals surface area contributed by atoms with E-state index in [0.717, 1.165) is 24.8 Å². The molecule has 2 rings (SSSR count). The van der Waals surface area contributed by atoms with Gasteiger partial charge >= 0.3 is 0 Å². The molecule has 1 heterocycles. The maximum atomic E-state index is 12.1. The fourth-order valence-electron chi connectivity index (χ4n) is 1.92. The molecule has 0 aliphatic heterocycles. The summed E-state index contributed by atoms with van der Waals surface area (Å²) < 4.78 is 0. The van der Waals surface area contributed by atoms with Gasteiger partial charge in [-0.3, -0.25) is 14.8 Å². The van der Waals surface area contributed by atoms with Gasteiger partial charge < -0.3 is 11.1 Å². The number of hydrogen-bond donors (Lipinski definition) is 2. The highest BCUT2D eigenvalue weighted by molar-refractivity contribution is 6.04. The van der Waals surface area contributed by atoms with Gasteiger partial charge in [-0.05, 0) is 31.5 Å². The smallest absolute Gasteiger partial charge is 0.253 e. The maximum absolute atomic E-state index is 12.1. The molecule has 3 N–H and O–H groups in total. The first-order chi connectivity index (χ1) is 9.33. The second-order valence-corrected chi connectivity index (χ2v) is 4.33. The Kier molecular flexibility index (Phi) is 4.80. The van der Waals surface area contributed by atoms with Crippen LogP contribution in [0, 0.1) is 0 Å². The van der Waals surface area contributed by atoms with E-state index in [1.54, 1.807) is 18.5 Å². The number of rotatable bonds is 6. The number of benzene rings is 1. The third-order valence-electron chi connectivity index (χ3n) is 2.91. The molecule has 1 amide bonds. The van der Waals surface area contributed by atoms with Crippen LogP contribution in [0.15, 0.2) is 30.6 Å². The molecule has 0 radical (unpaired) electrons. The van der Waals surface area contributed by atoms with E-state index in [-0.39, 0.29) is 5.91 Å². The van der Waals surface area contributed by atoms with E-state index in [9.17, 15) is 4.79 Å². The summed E-state index contributed by atoms with van der Waals surface area (Å²) in [5.41, 5.74) is 7.37. The van der Waals surface area contributed by atoms with Crippen LogP contribution in [0.3, 0.4) is 0 Å². The summed E-state index contributed by atoms with van der Waals surface area (Å²) >= 11 is 0. The SMILES string of the molecule is NCCCCCNC(=O)c1cccc2nccnc12. The molecule has 5 heteroatoms. The van der Waals surface area contributed by atoms with Crippen LogP contribution in [0.1, 0.15) is 29.6 Å². The molecule has 100 valence electrons. The third-order valence-corrected chi connectivity index (χ3v) is 2.91. The predicted octanol–water partition coefficient (Wildman–Crippen LogP) is 1.49. The number of nitrogens with zero attached hydrogens (tertiary/aromatic N) is 2. The molecular weight excluding hydrogens is 240 g/mol. The van der Waals surface area contributed by atoms with Crippen molar-refractivity contribution in [3.05, 3.63) is 36.2 Å². The van der Waals surface area contributed by atoms with Crippen molar-refractivity contribution in [1.29, 1.82) is 0 Å². The van der Waals surface area contributed by atoms with Crippen molar-refractivity contribution in [2.75, 3.05) is 13.1 Å². The third kappa shape index (κ3) is 3.48. The van der Waals surface area contributed by atoms with Gasteiger partial charge in [0.25, 0.3) is 5.91 Å². The number of fused-ring (bicyclic) bond motifs is 1. The van der Waals surface area contributed by atoms with Crippen molar-refractivity contribution in [2.45, 2.75) is 19.3 Å². The minimum atomic E-state index is -0.0983. The first-order valence-electron chi connectivity index (χ1n) is 6.51. The standard InChI is InChI=1S/C14H18N4O/c15-7-2-1-3-8-18-14(19)11-5-4-6-12-13(11)17-10-9-16-12/h4-6,9-10H,1-3,7-8,15H2,(H,18,19). The number of hydrogen-bond acceptors (Lipinski definition) is 4. The van der Waals surface area contributed by atoms with Crippen molar-refractivity contribution in [1.82, 2.24) is 15.3 Å². The monoisotopic (exact) mass is 258 g/mol. The Morgan fingerprint density at radius 2 is 2.00 bits per heavy atom. The van der Waals surface area contributed by atoms with Crippen LogP contribution in [-0.4, -0.2) is 29.0 Å². The summed E-state index contributed by atoms with van der Waals surface area (Å²) in [4.78, 5) is 20.5. The average Bonchev–Trinajstić information content (AvgIpc) is 2.46. The van der Waals surface area contributed by atoms with Gasteiger partial charge in [-0.2, -0.15) is 0 Å². The Bertz CT molecular complexity index is 551. The summed E-state index contributed by atoms with van der Waals surface area (Å²) in [6, 6.07) is 5.44. The summed E-state index contributed by atoms with van der Waals surface area (Å²) in [7, 11) is 0. The van der Waals surface area contributed by atoms with Crippen LogP contribution in [0.4, 0.5) is 0 Å². The van der Waals surface area contributed by atoms with E-state index in [0.29, 0.717) is 24.2 Å². The van der Waals surface area contributed by atoms with E-state index in [4.69, 9.17) is 5.73 Å². The number of aromatic nitrogens is 2. The number of carbonyl (C=O) groups is 1. The van der Waals surface area contributed by atoms with E-state index >= 15 is 0 Å². The Balaban J connectivity index is 2.01. The summed E-state index contributed by atoms with van der Waals surface area (Å²) in [6.07, 6.45) is 6.19.